The van der Waals surface area contributed by atoms with E-state index < -0.39 is 0 Å². The molecular formula is C14H18Cl2. The van der Waals surface area contributed by atoms with E-state index in [4.69, 9.17) is 23.2 Å². The average molecular weight is 257 g/mol. The fourth-order valence-electron chi connectivity index (χ4n) is 3.18. The maximum Gasteiger partial charge on any atom is 0.0423 e. The minimum atomic E-state index is 0.337. The predicted octanol–water partition coefficient (Wildman–Crippen LogP) is 5.46. The van der Waals surface area contributed by atoms with Crippen LogP contribution in [0.2, 0.25) is 10.0 Å². The van der Waals surface area contributed by atoms with Crippen molar-refractivity contribution in [1.29, 1.82) is 0 Å². The van der Waals surface area contributed by atoms with Gasteiger partial charge in [-0.1, -0.05) is 43.5 Å². The highest BCUT2D eigenvalue weighted by Crippen LogP contribution is 2.53. The molecule has 88 valence electrons. The summed E-state index contributed by atoms with van der Waals surface area (Å²) < 4.78 is 0. The highest BCUT2D eigenvalue weighted by molar-refractivity contribution is 6.34. The van der Waals surface area contributed by atoms with Crippen LogP contribution in [0.5, 0.6) is 0 Å². The van der Waals surface area contributed by atoms with Crippen molar-refractivity contribution in [2.45, 2.75) is 44.9 Å². The molecule has 1 aliphatic carbocycles. The molecule has 2 atom stereocenters. The number of rotatable bonds is 3. The molecule has 1 fully saturated rings. The third kappa shape index (κ3) is 1.87. The third-order valence-corrected chi connectivity index (χ3v) is 4.72. The second kappa shape index (κ2) is 4.58. The first-order chi connectivity index (χ1) is 7.62. The van der Waals surface area contributed by atoms with Gasteiger partial charge in [-0.15, -0.1) is 0 Å². The summed E-state index contributed by atoms with van der Waals surface area (Å²) in [4.78, 5) is 0. The molecule has 2 heteroatoms. The van der Waals surface area contributed by atoms with Crippen molar-refractivity contribution in [2.24, 2.45) is 5.92 Å². The van der Waals surface area contributed by atoms with Crippen molar-refractivity contribution in [2.75, 3.05) is 0 Å². The van der Waals surface area contributed by atoms with Gasteiger partial charge < -0.3 is 0 Å². The number of hydrogen-bond donors (Lipinski definition) is 0. The average Bonchev–Trinajstić information content (AvgIpc) is 2.16. The maximum atomic E-state index is 6.10. The molecule has 0 radical (unpaired) electrons. The quantitative estimate of drug-likeness (QED) is 0.674. The van der Waals surface area contributed by atoms with Crippen LogP contribution in [0.25, 0.3) is 0 Å². The van der Waals surface area contributed by atoms with Crippen LogP contribution in [0.1, 0.15) is 45.1 Å². The van der Waals surface area contributed by atoms with Crippen molar-refractivity contribution in [3.8, 4) is 0 Å². The van der Waals surface area contributed by atoms with Crippen molar-refractivity contribution in [3.63, 3.8) is 0 Å². The standard InChI is InChI=1S/C14H18Cl2/c1-3-10-5-6-14(10,4-2)11-7-12(15)9-13(16)8-11/h7-10H,3-6H2,1-2H3. The molecule has 0 N–H and O–H groups in total. The fraction of sp³-hybridized carbons (Fsp3) is 0.571. The van der Waals surface area contributed by atoms with E-state index in [0.29, 0.717) is 5.41 Å². The lowest BCUT2D eigenvalue weighted by molar-refractivity contribution is 0.110. The van der Waals surface area contributed by atoms with Gasteiger partial charge in [0.2, 0.25) is 0 Å². The van der Waals surface area contributed by atoms with Gasteiger partial charge in [0.25, 0.3) is 0 Å². The molecule has 0 aliphatic heterocycles. The SMILES string of the molecule is CCC1CCC1(CC)c1cc(Cl)cc(Cl)c1. The topological polar surface area (TPSA) is 0 Å². The minimum absolute atomic E-state index is 0.337. The van der Waals surface area contributed by atoms with E-state index in [-0.39, 0.29) is 0 Å². The molecule has 0 bridgehead atoms. The van der Waals surface area contributed by atoms with Crippen molar-refractivity contribution < 1.29 is 0 Å². The Balaban J connectivity index is 2.40. The van der Waals surface area contributed by atoms with Crippen LogP contribution >= 0.6 is 23.2 Å². The second-order valence-corrected chi connectivity index (χ2v) is 5.68. The van der Waals surface area contributed by atoms with Gasteiger partial charge in [-0.2, -0.15) is 0 Å². The minimum Gasteiger partial charge on any atom is -0.0843 e. The van der Waals surface area contributed by atoms with Crippen molar-refractivity contribution in [3.05, 3.63) is 33.8 Å². The van der Waals surface area contributed by atoms with Gasteiger partial charge in [0.1, 0.15) is 0 Å². The largest absolute Gasteiger partial charge is 0.0843 e. The van der Waals surface area contributed by atoms with Crippen LogP contribution in [0.4, 0.5) is 0 Å². The fourth-order valence-corrected chi connectivity index (χ4v) is 3.71. The van der Waals surface area contributed by atoms with Gasteiger partial charge in [0.05, 0.1) is 0 Å². The van der Waals surface area contributed by atoms with Gasteiger partial charge in [-0.3, -0.25) is 0 Å². The lowest BCUT2D eigenvalue weighted by atomic mass is 9.54. The Morgan fingerprint density at radius 2 is 1.81 bits per heavy atom. The van der Waals surface area contributed by atoms with Crippen LogP contribution in [0, 0.1) is 5.92 Å². The smallest absolute Gasteiger partial charge is 0.0423 e. The Hall–Kier alpha value is -0.200. The molecule has 1 aromatic rings. The predicted molar refractivity (Wildman–Crippen MR) is 71.4 cm³/mol. The van der Waals surface area contributed by atoms with Crippen molar-refractivity contribution >= 4 is 23.2 Å². The van der Waals surface area contributed by atoms with E-state index in [1.54, 1.807) is 0 Å². The molecule has 0 heterocycles. The van der Waals surface area contributed by atoms with Gasteiger partial charge in [0.15, 0.2) is 0 Å². The molecule has 16 heavy (non-hydrogen) atoms. The van der Waals surface area contributed by atoms with Gasteiger partial charge >= 0.3 is 0 Å². The molecular weight excluding hydrogens is 239 g/mol. The molecule has 1 saturated carbocycles. The molecule has 1 aliphatic rings. The summed E-state index contributed by atoms with van der Waals surface area (Å²) in [5.74, 6) is 0.798. The zero-order valence-electron chi connectivity index (χ0n) is 9.89. The summed E-state index contributed by atoms with van der Waals surface area (Å²) in [7, 11) is 0. The summed E-state index contributed by atoms with van der Waals surface area (Å²) in [6.45, 7) is 4.55. The van der Waals surface area contributed by atoms with Crippen LogP contribution in [-0.4, -0.2) is 0 Å². The first kappa shape index (κ1) is 12.3. The van der Waals surface area contributed by atoms with E-state index in [9.17, 15) is 0 Å². The van der Waals surface area contributed by atoms with E-state index in [2.05, 4.69) is 26.0 Å². The Morgan fingerprint density at radius 1 is 1.19 bits per heavy atom. The first-order valence-electron chi connectivity index (χ1n) is 6.09. The normalized spacial score (nSPS) is 28.9. The van der Waals surface area contributed by atoms with Gasteiger partial charge in [-0.05, 0) is 54.4 Å². The third-order valence-electron chi connectivity index (χ3n) is 4.28. The molecule has 2 unspecified atom stereocenters. The van der Waals surface area contributed by atoms with Crippen LogP contribution in [-0.2, 0) is 5.41 Å². The molecule has 0 amide bonds. The zero-order chi connectivity index (χ0) is 11.8. The maximum absolute atomic E-state index is 6.10. The highest BCUT2D eigenvalue weighted by atomic mass is 35.5. The van der Waals surface area contributed by atoms with E-state index in [1.807, 2.05) is 6.07 Å². The number of benzene rings is 1. The molecule has 0 spiro atoms. The number of hydrogen-bond acceptors (Lipinski definition) is 0. The Morgan fingerprint density at radius 3 is 2.19 bits per heavy atom. The lowest BCUT2D eigenvalue weighted by Gasteiger charge is -2.50. The van der Waals surface area contributed by atoms with Crippen LogP contribution in [0.15, 0.2) is 18.2 Å². The van der Waals surface area contributed by atoms with Gasteiger partial charge in [0, 0.05) is 10.0 Å². The van der Waals surface area contributed by atoms with Crippen molar-refractivity contribution in [1.82, 2.24) is 0 Å². The van der Waals surface area contributed by atoms with E-state index >= 15 is 0 Å². The number of halogens is 2. The zero-order valence-corrected chi connectivity index (χ0v) is 11.4. The highest BCUT2D eigenvalue weighted by Gasteiger charge is 2.45. The molecule has 0 saturated heterocycles. The molecule has 0 aromatic heterocycles. The molecule has 2 rings (SSSR count). The Kier molecular flexibility index (Phi) is 3.51. The second-order valence-electron chi connectivity index (χ2n) is 4.81. The van der Waals surface area contributed by atoms with Gasteiger partial charge in [-0.25, -0.2) is 0 Å². The van der Waals surface area contributed by atoms with Crippen LogP contribution < -0.4 is 0 Å². The summed E-state index contributed by atoms with van der Waals surface area (Å²) in [6.07, 6.45) is 5.05. The Labute approximate surface area is 108 Å². The van der Waals surface area contributed by atoms with E-state index in [1.165, 1.54) is 31.2 Å². The molecule has 1 aromatic carbocycles. The summed E-state index contributed by atoms with van der Waals surface area (Å²) in [5.41, 5.74) is 1.68. The lowest BCUT2D eigenvalue weighted by Crippen LogP contribution is -2.43. The summed E-state index contributed by atoms with van der Waals surface area (Å²) in [6, 6.07) is 6.01. The summed E-state index contributed by atoms with van der Waals surface area (Å²) in [5, 5.41) is 1.52. The first-order valence-corrected chi connectivity index (χ1v) is 6.84. The monoisotopic (exact) mass is 256 g/mol. The molecule has 0 nitrogen and oxygen atoms in total. The Bertz CT molecular complexity index is 360. The van der Waals surface area contributed by atoms with Crippen LogP contribution in [0.3, 0.4) is 0 Å². The summed E-state index contributed by atoms with van der Waals surface area (Å²) >= 11 is 12.2. The van der Waals surface area contributed by atoms with E-state index in [0.717, 1.165) is 16.0 Å².